The molecule has 0 amide bonds. The molecule has 0 heterocycles. The highest BCUT2D eigenvalue weighted by Gasteiger charge is 2.51. The summed E-state index contributed by atoms with van der Waals surface area (Å²) in [6, 6.07) is 26.4. The van der Waals surface area contributed by atoms with E-state index < -0.39 is 7.26 Å². The van der Waals surface area contributed by atoms with Crippen LogP contribution in [0.15, 0.2) is 72.8 Å². The lowest BCUT2D eigenvalue weighted by Gasteiger charge is -2.32. The lowest BCUT2D eigenvalue weighted by Crippen LogP contribution is -2.42. The summed E-state index contributed by atoms with van der Waals surface area (Å²) in [5.41, 5.74) is 6.19. The van der Waals surface area contributed by atoms with Gasteiger partial charge in [0.1, 0.15) is 45.7 Å². The molecule has 0 spiro atoms. The van der Waals surface area contributed by atoms with Crippen molar-refractivity contribution < 1.29 is 14.2 Å². The Morgan fingerprint density at radius 2 is 0.806 bits per heavy atom. The molecule has 36 heavy (non-hydrogen) atoms. The van der Waals surface area contributed by atoms with Gasteiger partial charge < -0.3 is 14.2 Å². The van der Waals surface area contributed by atoms with Crippen molar-refractivity contribution >= 4 is 28.5 Å². The quantitative estimate of drug-likeness (QED) is 0.298. The fourth-order valence-electron chi connectivity index (χ4n) is 5.25. The molecule has 186 valence electrons. The van der Waals surface area contributed by atoms with Crippen molar-refractivity contribution in [2.24, 2.45) is 0 Å². The molecule has 0 atom stereocenters. The van der Waals surface area contributed by atoms with Gasteiger partial charge in [-0.2, -0.15) is 0 Å². The molecule has 4 aromatic rings. The monoisotopic (exact) mass is 499 g/mol. The molecule has 0 aliphatic rings. The summed E-state index contributed by atoms with van der Waals surface area (Å²) in [6.45, 7) is 11.0. The molecule has 0 unspecified atom stereocenters. The van der Waals surface area contributed by atoms with E-state index in [1.165, 1.54) is 49.0 Å². The van der Waals surface area contributed by atoms with E-state index in [2.05, 4.69) is 107 Å². The maximum atomic E-state index is 5.61. The number of methoxy groups -OCH3 is 3. The van der Waals surface area contributed by atoms with Crippen LogP contribution in [0.25, 0.3) is 0 Å². The van der Waals surface area contributed by atoms with Crippen LogP contribution in [0, 0.1) is 34.6 Å². The zero-order chi connectivity index (χ0) is 26.0. The fraction of sp³-hybridized carbons (Fsp3) is 0.250. The third-order valence-electron chi connectivity index (χ3n) is 7.02. The summed E-state index contributed by atoms with van der Waals surface area (Å²) in [7, 11) is 2.83. The van der Waals surface area contributed by atoms with E-state index in [-0.39, 0.29) is 0 Å². The van der Waals surface area contributed by atoms with Crippen LogP contribution in [0.2, 0.25) is 0 Å². The zero-order valence-electron chi connectivity index (χ0n) is 22.6. The van der Waals surface area contributed by atoms with E-state index in [0.717, 1.165) is 17.2 Å². The van der Waals surface area contributed by atoms with Crippen LogP contribution in [0.4, 0.5) is 0 Å². The topological polar surface area (TPSA) is 27.7 Å². The van der Waals surface area contributed by atoms with Crippen LogP contribution >= 0.6 is 7.26 Å². The fourth-order valence-corrected chi connectivity index (χ4v) is 10.5. The summed E-state index contributed by atoms with van der Waals surface area (Å²) in [6.07, 6.45) is 0. The first-order chi connectivity index (χ1) is 17.3. The number of aryl methyl sites for hydroxylation is 5. The van der Waals surface area contributed by atoms with Crippen LogP contribution in [-0.4, -0.2) is 21.3 Å². The van der Waals surface area contributed by atoms with Gasteiger partial charge >= 0.3 is 0 Å². The van der Waals surface area contributed by atoms with Gasteiger partial charge in [0.25, 0.3) is 0 Å². The van der Waals surface area contributed by atoms with Crippen molar-refractivity contribution in [1.29, 1.82) is 0 Å². The van der Waals surface area contributed by atoms with E-state index in [1.54, 1.807) is 21.3 Å². The predicted octanol–water partition coefficient (Wildman–Crippen LogP) is 5.87. The Morgan fingerprint density at radius 1 is 0.417 bits per heavy atom. The summed E-state index contributed by atoms with van der Waals surface area (Å²) < 4.78 is 16.8. The van der Waals surface area contributed by atoms with Gasteiger partial charge in [-0.1, -0.05) is 12.1 Å². The Hall–Kier alpha value is -3.29. The minimum Gasteiger partial charge on any atom is -0.497 e. The van der Waals surface area contributed by atoms with Gasteiger partial charge in [0.2, 0.25) is 0 Å². The highest BCUT2D eigenvalue weighted by molar-refractivity contribution is 8.01. The van der Waals surface area contributed by atoms with Crippen molar-refractivity contribution in [1.82, 2.24) is 0 Å². The van der Waals surface area contributed by atoms with Crippen LogP contribution in [0.3, 0.4) is 0 Å². The second-order valence-electron chi connectivity index (χ2n) is 9.42. The van der Waals surface area contributed by atoms with Crippen molar-refractivity contribution in [3.05, 3.63) is 101 Å². The number of ether oxygens (including phenoxy) is 3. The molecule has 0 aliphatic carbocycles. The molecular formula is C32H36O3P+. The van der Waals surface area contributed by atoms with E-state index in [4.69, 9.17) is 14.2 Å². The van der Waals surface area contributed by atoms with Crippen LogP contribution < -0.4 is 35.4 Å². The second-order valence-corrected chi connectivity index (χ2v) is 12.7. The molecule has 0 aliphatic heterocycles. The zero-order valence-corrected chi connectivity index (χ0v) is 23.5. The van der Waals surface area contributed by atoms with E-state index in [1.807, 2.05) is 0 Å². The van der Waals surface area contributed by atoms with Crippen molar-refractivity contribution in [3.8, 4) is 17.2 Å². The summed E-state index contributed by atoms with van der Waals surface area (Å²) in [5, 5.41) is 5.37. The van der Waals surface area contributed by atoms with Crippen LogP contribution in [0.5, 0.6) is 17.2 Å². The van der Waals surface area contributed by atoms with Crippen molar-refractivity contribution in [2.45, 2.75) is 34.6 Å². The molecule has 3 nitrogen and oxygen atoms in total. The maximum absolute atomic E-state index is 5.61. The minimum atomic E-state index is -2.34. The highest BCUT2D eigenvalue weighted by Crippen LogP contribution is 2.57. The van der Waals surface area contributed by atoms with E-state index in [0.29, 0.717) is 0 Å². The average molecular weight is 500 g/mol. The Bertz CT molecular complexity index is 1280. The molecular weight excluding hydrogens is 463 g/mol. The number of benzene rings is 4. The lowest BCUT2D eigenvalue weighted by atomic mass is 10.2. The first kappa shape index (κ1) is 25.8. The molecule has 0 saturated carbocycles. The van der Waals surface area contributed by atoms with Gasteiger partial charge in [0, 0.05) is 0 Å². The molecule has 0 saturated heterocycles. The third kappa shape index (κ3) is 4.38. The average Bonchev–Trinajstić information content (AvgIpc) is 2.88. The molecule has 4 rings (SSSR count). The van der Waals surface area contributed by atoms with E-state index in [9.17, 15) is 0 Å². The predicted molar refractivity (Wildman–Crippen MR) is 155 cm³/mol. The Kier molecular flexibility index (Phi) is 7.43. The second kappa shape index (κ2) is 10.4. The normalized spacial score (nSPS) is 11.3. The number of rotatable bonds is 7. The van der Waals surface area contributed by atoms with Gasteiger partial charge in [-0.05, 0) is 123 Å². The van der Waals surface area contributed by atoms with E-state index >= 15 is 0 Å². The van der Waals surface area contributed by atoms with Crippen molar-refractivity contribution in [3.63, 3.8) is 0 Å². The number of hydrogen-bond acceptors (Lipinski definition) is 3. The van der Waals surface area contributed by atoms with Crippen LogP contribution in [-0.2, 0) is 0 Å². The van der Waals surface area contributed by atoms with Gasteiger partial charge in [0.15, 0.2) is 0 Å². The Balaban J connectivity index is 2.26. The first-order valence-electron chi connectivity index (χ1n) is 12.2. The minimum absolute atomic E-state index is 0.869. The first-order valence-corrected chi connectivity index (χ1v) is 14.0. The number of hydrogen-bond donors (Lipinski definition) is 0. The lowest BCUT2D eigenvalue weighted by molar-refractivity contribution is 0.414. The third-order valence-corrected chi connectivity index (χ3v) is 11.9. The molecule has 0 aromatic heterocycles. The van der Waals surface area contributed by atoms with Gasteiger partial charge in [0.05, 0.1) is 21.3 Å². The molecule has 4 aromatic carbocycles. The molecule has 0 bridgehead atoms. The highest BCUT2D eigenvalue weighted by atomic mass is 31.2. The summed E-state index contributed by atoms with van der Waals surface area (Å²) >= 11 is 0. The largest absolute Gasteiger partial charge is 0.497 e. The molecule has 0 N–H and O–H groups in total. The summed E-state index contributed by atoms with van der Waals surface area (Å²) in [5.74, 6) is 2.61. The van der Waals surface area contributed by atoms with Gasteiger partial charge in [-0.25, -0.2) is 0 Å². The molecule has 4 heteroatoms. The van der Waals surface area contributed by atoms with Crippen molar-refractivity contribution in [2.75, 3.05) is 21.3 Å². The Labute approximate surface area is 216 Å². The van der Waals surface area contributed by atoms with Crippen LogP contribution in [0.1, 0.15) is 27.8 Å². The maximum Gasteiger partial charge on any atom is 0.145 e. The summed E-state index contributed by atoms with van der Waals surface area (Å²) in [4.78, 5) is 0. The smallest absolute Gasteiger partial charge is 0.145 e. The molecule has 0 radical (unpaired) electrons. The van der Waals surface area contributed by atoms with Gasteiger partial charge in [-0.3, -0.25) is 0 Å². The standard InChI is InChI=1S/C32H36O3P/c1-21-9-10-22(2)32(17-21)36(29-14-11-26(33-6)18-23(29)3,30-15-12-27(34-7)19-24(30)4)31-16-13-28(35-8)20-25(31)5/h9-20H,1-8H3/q+1. The van der Waals surface area contributed by atoms with Gasteiger partial charge in [-0.15, -0.1) is 0 Å². The Morgan fingerprint density at radius 3 is 1.14 bits per heavy atom. The molecule has 0 fully saturated rings. The SMILES string of the molecule is COc1ccc([P+](c2ccc(OC)cc2C)(c2ccc(OC)cc2C)c2cc(C)ccc2C)c(C)c1.